The lowest BCUT2D eigenvalue weighted by atomic mass is 10.2. The minimum atomic E-state index is -0.595. The topological polar surface area (TPSA) is 51.2 Å². The summed E-state index contributed by atoms with van der Waals surface area (Å²) in [5.74, 6) is -0.345. The van der Waals surface area contributed by atoms with Gasteiger partial charge >= 0.3 is 6.09 Å². The second kappa shape index (κ2) is 4.53. The number of carbonyl (C=O) groups is 1. The van der Waals surface area contributed by atoms with Crippen molar-refractivity contribution < 1.29 is 13.9 Å². The van der Waals surface area contributed by atoms with E-state index in [1.54, 1.807) is 32.9 Å². The zero-order valence-electron chi connectivity index (χ0n) is 10.3. The first-order chi connectivity index (χ1) is 8.35. The molecule has 0 fully saturated rings. The molecule has 1 N–H and O–H groups in total. The van der Waals surface area contributed by atoms with E-state index in [1.807, 2.05) is 0 Å². The average molecular weight is 268 g/mol. The van der Waals surface area contributed by atoms with Gasteiger partial charge in [-0.3, -0.25) is 5.32 Å². The van der Waals surface area contributed by atoms with Gasteiger partial charge in [-0.2, -0.15) is 0 Å². The summed E-state index contributed by atoms with van der Waals surface area (Å²) < 4.78 is 18.9. The quantitative estimate of drug-likeness (QED) is 0.856. The van der Waals surface area contributed by atoms with Crippen LogP contribution in [0.15, 0.2) is 18.2 Å². The first kappa shape index (κ1) is 12.8. The van der Waals surface area contributed by atoms with Crippen molar-refractivity contribution in [2.45, 2.75) is 26.4 Å². The van der Waals surface area contributed by atoms with Crippen LogP contribution in [-0.4, -0.2) is 16.7 Å². The molecule has 0 aliphatic heterocycles. The van der Waals surface area contributed by atoms with Crippen LogP contribution in [-0.2, 0) is 4.74 Å². The number of hydrogen-bond donors (Lipinski definition) is 1. The van der Waals surface area contributed by atoms with Crippen LogP contribution in [0.5, 0.6) is 0 Å². The van der Waals surface area contributed by atoms with Crippen LogP contribution in [0.1, 0.15) is 20.8 Å². The molecule has 0 saturated carbocycles. The number of nitrogens with zero attached hydrogens (tertiary/aromatic N) is 1. The average Bonchev–Trinajstić information content (AvgIpc) is 2.58. The van der Waals surface area contributed by atoms with Crippen LogP contribution in [0.25, 0.3) is 10.2 Å². The molecule has 1 heterocycles. The highest BCUT2D eigenvalue weighted by atomic mass is 32.1. The molecule has 0 bridgehead atoms. The molecule has 1 aromatic carbocycles. The van der Waals surface area contributed by atoms with Crippen LogP contribution in [0, 0.1) is 5.82 Å². The second-order valence-corrected chi connectivity index (χ2v) is 5.73. The number of ether oxygens (including phenoxy) is 1. The van der Waals surface area contributed by atoms with Crippen LogP contribution in [0.4, 0.5) is 14.3 Å². The normalized spacial score (nSPS) is 11.6. The predicted molar refractivity (Wildman–Crippen MR) is 69.4 cm³/mol. The van der Waals surface area contributed by atoms with Crippen molar-refractivity contribution in [2.75, 3.05) is 5.32 Å². The Kier molecular flexibility index (Phi) is 3.21. The SMILES string of the molecule is CC(C)(C)OC(=O)Nc1nc2cccc(F)c2s1. The molecular weight excluding hydrogens is 255 g/mol. The van der Waals surface area contributed by atoms with Gasteiger partial charge in [0.1, 0.15) is 11.4 Å². The van der Waals surface area contributed by atoms with Gasteiger partial charge < -0.3 is 4.74 Å². The Bertz CT molecular complexity index is 589. The van der Waals surface area contributed by atoms with Crippen molar-refractivity contribution in [3.63, 3.8) is 0 Å². The Morgan fingerprint density at radius 2 is 2.17 bits per heavy atom. The van der Waals surface area contributed by atoms with E-state index >= 15 is 0 Å². The Balaban J connectivity index is 2.18. The molecule has 0 spiro atoms. The van der Waals surface area contributed by atoms with Crippen molar-refractivity contribution in [2.24, 2.45) is 0 Å². The van der Waals surface area contributed by atoms with Gasteiger partial charge in [0.2, 0.25) is 0 Å². The molecular formula is C12H13FN2O2S. The summed E-state index contributed by atoms with van der Waals surface area (Å²) in [5.41, 5.74) is -0.0579. The van der Waals surface area contributed by atoms with Crippen molar-refractivity contribution in [1.82, 2.24) is 4.98 Å². The molecule has 1 amide bonds. The summed E-state index contributed by atoms with van der Waals surface area (Å²) in [6.07, 6.45) is -0.595. The first-order valence-corrected chi connectivity index (χ1v) is 6.22. The van der Waals surface area contributed by atoms with E-state index in [-0.39, 0.29) is 5.82 Å². The monoisotopic (exact) mass is 268 g/mol. The minimum absolute atomic E-state index is 0.323. The molecule has 0 radical (unpaired) electrons. The van der Waals surface area contributed by atoms with E-state index < -0.39 is 11.7 Å². The molecule has 6 heteroatoms. The minimum Gasteiger partial charge on any atom is -0.444 e. The van der Waals surface area contributed by atoms with Crippen LogP contribution >= 0.6 is 11.3 Å². The Morgan fingerprint density at radius 1 is 1.44 bits per heavy atom. The number of aromatic nitrogens is 1. The van der Waals surface area contributed by atoms with Crippen LogP contribution < -0.4 is 5.32 Å². The van der Waals surface area contributed by atoms with Gasteiger partial charge in [-0.15, -0.1) is 0 Å². The number of amides is 1. The van der Waals surface area contributed by atoms with Gasteiger partial charge in [-0.05, 0) is 32.9 Å². The van der Waals surface area contributed by atoms with Crippen molar-refractivity contribution in [1.29, 1.82) is 0 Å². The van der Waals surface area contributed by atoms with Crippen molar-refractivity contribution in [3.05, 3.63) is 24.0 Å². The van der Waals surface area contributed by atoms with E-state index in [4.69, 9.17) is 4.74 Å². The van der Waals surface area contributed by atoms with E-state index in [2.05, 4.69) is 10.3 Å². The third-order valence-corrected chi connectivity index (χ3v) is 2.97. The maximum Gasteiger partial charge on any atom is 0.413 e. The Morgan fingerprint density at radius 3 is 2.78 bits per heavy atom. The molecule has 2 aromatic rings. The summed E-state index contributed by atoms with van der Waals surface area (Å²) in [6.45, 7) is 5.31. The number of nitrogens with one attached hydrogen (secondary N) is 1. The number of thiazole rings is 1. The fraction of sp³-hybridized carbons (Fsp3) is 0.333. The summed E-state index contributed by atoms with van der Waals surface area (Å²) in [4.78, 5) is 15.6. The molecule has 0 unspecified atom stereocenters. The molecule has 0 aliphatic carbocycles. The highest BCUT2D eigenvalue weighted by molar-refractivity contribution is 7.22. The fourth-order valence-corrected chi connectivity index (χ4v) is 2.22. The maximum atomic E-state index is 13.4. The molecule has 0 atom stereocenters. The number of fused-ring (bicyclic) bond motifs is 1. The number of benzene rings is 1. The number of anilines is 1. The zero-order chi connectivity index (χ0) is 13.3. The van der Waals surface area contributed by atoms with Crippen LogP contribution in [0.2, 0.25) is 0 Å². The van der Waals surface area contributed by atoms with Crippen LogP contribution in [0.3, 0.4) is 0 Å². The smallest absolute Gasteiger partial charge is 0.413 e. The highest BCUT2D eigenvalue weighted by Crippen LogP contribution is 2.28. The summed E-state index contributed by atoms with van der Waals surface area (Å²) in [5, 5.41) is 2.82. The standard InChI is InChI=1S/C12H13FN2O2S/c1-12(2,3)17-11(16)15-10-14-8-6-4-5-7(13)9(8)18-10/h4-6H,1-3H3,(H,14,15,16). The third kappa shape index (κ3) is 2.95. The highest BCUT2D eigenvalue weighted by Gasteiger charge is 2.17. The predicted octanol–water partition coefficient (Wildman–Crippen LogP) is 3.78. The van der Waals surface area contributed by atoms with E-state index in [1.165, 1.54) is 6.07 Å². The largest absolute Gasteiger partial charge is 0.444 e. The molecule has 2 rings (SSSR count). The van der Waals surface area contributed by atoms with Gasteiger partial charge in [0.25, 0.3) is 0 Å². The lowest BCUT2D eigenvalue weighted by Crippen LogP contribution is -2.27. The second-order valence-electron chi connectivity index (χ2n) is 4.73. The lowest BCUT2D eigenvalue weighted by Gasteiger charge is -2.18. The zero-order valence-corrected chi connectivity index (χ0v) is 11.1. The van der Waals surface area contributed by atoms with Crippen molar-refractivity contribution in [3.8, 4) is 0 Å². The lowest BCUT2D eigenvalue weighted by molar-refractivity contribution is 0.0636. The van der Waals surface area contributed by atoms with Gasteiger partial charge in [0, 0.05) is 0 Å². The van der Waals surface area contributed by atoms with Gasteiger partial charge in [0.15, 0.2) is 5.13 Å². The molecule has 4 nitrogen and oxygen atoms in total. The Hall–Kier alpha value is -1.69. The van der Waals surface area contributed by atoms with E-state index in [0.29, 0.717) is 15.3 Å². The summed E-state index contributed by atoms with van der Waals surface area (Å²) in [7, 11) is 0. The maximum absolute atomic E-state index is 13.4. The Labute approximate surface area is 108 Å². The number of hydrogen-bond acceptors (Lipinski definition) is 4. The molecule has 96 valence electrons. The molecule has 0 aliphatic rings. The first-order valence-electron chi connectivity index (χ1n) is 5.40. The molecule has 0 saturated heterocycles. The van der Waals surface area contributed by atoms with E-state index in [9.17, 15) is 9.18 Å². The van der Waals surface area contributed by atoms with E-state index in [0.717, 1.165) is 11.3 Å². The fourth-order valence-electron chi connectivity index (χ4n) is 1.36. The van der Waals surface area contributed by atoms with Gasteiger partial charge in [-0.25, -0.2) is 14.2 Å². The van der Waals surface area contributed by atoms with Gasteiger partial charge in [-0.1, -0.05) is 17.4 Å². The van der Waals surface area contributed by atoms with Gasteiger partial charge in [0.05, 0.1) is 10.2 Å². The number of carbonyl (C=O) groups excluding carboxylic acids is 1. The third-order valence-electron chi connectivity index (χ3n) is 1.97. The summed E-state index contributed by atoms with van der Waals surface area (Å²) in [6, 6.07) is 4.63. The summed E-state index contributed by atoms with van der Waals surface area (Å²) >= 11 is 1.08. The van der Waals surface area contributed by atoms with Crippen molar-refractivity contribution >= 4 is 32.8 Å². The number of halogens is 1. The molecule has 1 aromatic heterocycles. The molecule has 18 heavy (non-hydrogen) atoms. The number of rotatable bonds is 1.